The van der Waals surface area contributed by atoms with Crippen molar-refractivity contribution in [2.75, 3.05) is 0 Å². The van der Waals surface area contributed by atoms with E-state index in [9.17, 15) is 18.7 Å². The largest absolute Gasteiger partial charge is 0.507 e. The first-order valence-electron chi connectivity index (χ1n) is 4.72. The number of aliphatic hydroxyl groups is 1. The smallest absolute Gasteiger partial charge is 0.300 e. The summed E-state index contributed by atoms with van der Waals surface area (Å²) in [5.74, 6) is -1.90. The van der Waals surface area contributed by atoms with Gasteiger partial charge in [0.1, 0.15) is 5.76 Å². The van der Waals surface area contributed by atoms with E-state index >= 15 is 0 Å². The van der Waals surface area contributed by atoms with E-state index < -0.39 is 18.0 Å². The lowest BCUT2D eigenvalue weighted by molar-refractivity contribution is -0.124. The van der Waals surface area contributed by atoms with Crippen LogP contribution in [0.5, 0.6) is 0 Å². The molecule has 0 radical (unpaired) electrons. The molecule has 1 N–H and O–H groups in total. The van der Waals surface area contributed by atoms with Gasteiger partial charge in [-0.1, -0.05) is 0 Å². The molecule has 4 nitrogen and oxygen atoms in total. The molecule has 0 unspecified atom stereocenters. The second-order valence-corrected chi connectivity index (χ2v) is 3.19. The van der Waals surface area contributed by atoms with Gasteiger partial charge in [0.05, 0.1) is 11.8 Å². The SMILES string of the molecule is CCn1ncc(C(O)=CC(=O)C(F)F)c1C. The molecule has 1 heterocycles. The summed E-state index contributed by atoms with van der Waals surface area (Å²) in [6.07, 6.45) is -1.25. The highest BCUT2D eigenvalue weighted by atomic mass is 19.3. The predicted molar refractivity (Wildman–Crippen MR) is 54.3 cm³/mol. The number of carbonyl (C=O) groups is 1. The van der Waals surface area contributed by atoms with Crippen molar-refractivity contribution in [3.05, 3.63) is 23.5 Å². The predicted octanol–water partition coefficient (Wildman–Crippen LogP) is 1.94. The monoisotopic (exact) mass is 230 g/mol. The molecule has 1 aromatic rings. The number of allylic oxidation sites excluding steroid dienone is 1. The fourth-order valence-electron chi connectivity index (χ4n) is 1.29. The zero-order chi connectivity index (χ0) is 12.3. The number of ketones is 1. The molecule has 0 fully saturated rings. The Morgan fingerprint density at radius 3 is 2.75 bits per heavy atom. The first-order chi connectivity index (χ1) is 7.47. The van der Waals surface area contributed by atoms with Crippen molar-refractivity contribution < 1.29 is 18.7 Å². The van der Waals surface area contributed by atoms with Crippen LogP contribution in [-0.2, 0) is 11.3 Å². The van der Waals surface area contributed by atoms with E-state index in [1.54, 1.807) is 11.6 Å². The fourth-order valence-corrected chi connectivity index (χ4v) is 1.29. The number of aromatic nitrogens is 2. The van der Waals surface area contributed by atoms with Crippen LogP contribution < -0.4 is 0 Å². The molecule has 16 heavy (non-hydrogen) atoms. The van der Waals surface area contributed by atoms with Crippen molar-refractivity contribution in [3.8, 4) is 0 Å². The Bertz CT molecular complexity index is 424. The Labute approximate surface area is 91.2 Å². The van der Waals surface area contributed by atoms with Gasteiger partial charge in [-0.2, -0.15) is 5.10 Å². The normalized spacial score (nSPS) is 12.2. The van der Waals surface area contributed by atoms with Gasteiger partial charge in [0.2, 0.25) is 5.78 Å². The topological polar surface area (TPSA) is 55.1 Å². The Morgan fingerprint density at radius 1 is 1.69 bits per heavy atom. The third kappa shape index (κ3) is 2.44. The molecule has 88 valence electrons. The number of halogens is 2. The van der Waals surface area contributed by atoms with E-state index in [1.807, 2.05) is 6.92 Å². The minimum atomic E-state index is -3.11. The number of aryl methyl sites for hydroxylation is 1. The van der Waals surface area contributed by atoms with Gasteiger partial charge in [0.15, 0.2) is 0 Å². The van der Waals surface area contributed by atoms with Gasteiger partial charge in [-0.05, 0) is 13.8 Å². The lowest BCUT2D eigenvalue weighted by Crippen LogP contribution is -2.07. The van der Waals surface area contributed by atoms with Crippen molar-refractivity contribution in [2.24, 2.45) is 0 Å². The van der Waals surface area contributed by atoms with Gasteiger partial charge in [0.25, 0.3) is 6.43 Å². The van der Waals surface area contributed by atoms with Gasteiger partial charge < -0.3 is 5.11 Å². The van der Waals surface area contributed by atoms with Gasteiger partial charge >= 0.3 is 0 Å². The van der Waals surface area contributed by atoms with Crippen molar-refractivity contribution in [2.45, 2.75) is 26.8 Å². The fraction of sp³-hybridized carbons (Fsp3) is 0.400. The molecule has 0 spiro atoms. The molecule has 0 aliphatic rings. The summed E-state index contributed by atoms with van der Waals surface area (Å²) < 4.78 is 25.5. The van der Waals surface area contributed by atoms with E-state index in [0.29, 0.717) is 18.3 Å². The van der Waals surface area contributed by atoms with Crippen molar-refractivity contribution in [3.63, 3.8) is 0 Å². The number of aliphatic hydroxyl groups excluding tert-OH is 1. The maximum Gasteiger partial charge on any atom is 0.300 e. The standard InChI is InChI=1S/C10H12F2N2O2/c1-3-14-6(2)7(5-13-14)8(15)4-9(16)10(11)12/h4-5,10,15H,3H2,1-2H3. The van der Waals surface area contributed by atoms with Crippen LogP contribution in [0.3, 0.4) is 0 Å². The molecule has 0 saturated heterocycles. The maximum absolute atomic E-state index is 12.0. The molecule has 1 rings (SSSR count). The summed E-state index contributed by atoms with van der Waals surface area (Å²) >= 11 is 0. The molecule has 0 aliphatic carbocycles. The second-order valence-electron chi connectivity index (χ2n) is 3.19. The molecule has 0 aromatic carbocycles. The lowest BCUT2D eigenvalue weighted by Gasteiger charge is -2.01. The number of carbonyl (C=O) groups excluding carboxylic acids is 1. The first kappa shape index (κ1) is 12.4. The average molecular weight is 230 g/mol. The zero-order valence-electron chi connectivity index (χ0n) is 8.94. The number of hydrogen-bond acceptors (Lipinski definition) is 3. The summed E-state index contributed by atoms with van der Waals surface area (Å²) in [5.41, 5.74) is 0.911. The summed E-state index contributed by atoms with van der Waals surface area (Å²) in [4.78, 5) is 10.7. The molecule has 1 aromatic heterocycles. The van der Waals surface area contributed by atoms with Crippen molar-refractivity contribution >= 4 is 11.5 Å². The Kier molecular flexibility index (Phi) is 3.76. The van der Waals surface area contributed by atoms with E-state index in [0.717, 1.165) is 0 Å². The number of rotatable bonds is 4. The van der Waals surface area contributed by atoms with Gasteiger partial charge in [-0.3, -0.25) is 9.48 Å². The van der Waals surface area contributed by atoms with Gasteiger partial charge in [0, 0.05) is 18.3 Å². The van der Waals surface area contributed by atoms with Crippen molar-refractivity contribution in [1.29, 1.82) is 0 Å². The quantitative estimate of drug-likeness (QED) is 0.635. The highest BCUT2D eigenvalue weighted by Crippen LogP contribution is 2.16. The van der Waals surface area contributed by atoms with Gasteiger partial charge in [-0.25, -0.2) is 8.78 Å². The molecule has 0 atom stereocenters. The third-order valence-electron chi connectivity index (χ3n) is 2.17. The van der Waals surface area contributed by atoms with E-state index in [2.05, 4.69) is 5.10 Å². The van der Waals surface area contributed by atoms with Crippen LogP contribution in [0.2, 0.25) is 0 Å². The van der Waals surface area contributed by atoms with E-state index in [4.69, 9.17) is 0 Å². The van der Waals surface area contributed by atoms with E-state index in [1.165, 1.54) is 6.20 Å². The van der Waals surface area contributed by atoms with Crippen LogP contribution in [0.25, 0.3) is 5.76 Å². The second kappa shape index (κ2) is 4.87. The highest BCUT2D eigenvalue weighted by Gasteiger charge is 2.16. The van der Waals surface area contributed by atoms with Crippen LogP contribution >= 0.6 is 0 Å². The zero-order valence-corrected chi connectivity index (χ0v) is 8.94. The minimum Gasteiger partial charge on any atom is -0.507 e. The highest BCUT2D eigenvalue weighted by molar-refractivity contribution is 5.97. The number of alkyl halides is 2. The Hall–Kier alpha value is -1.72. The number of hydrogen-bond donors (Lipinski definition) is 1. The lowest BCUT2D eigenvalue weighted by atomic mass is 10.2. The first-order valence-corrected chi connectivity index (χ1v) is 4.72. The maximum atomic E-state index is 12.0. The Morgan fingerprint density at radius 2 is 2.31 bits per heavy atom. The van der Waals surface area contributed by atoms with Crippen LogP contribution in [-0.4, -0.2) is 27.1 Å². The van der Waals surface area contributed by atoms with Crippen molar-refractivity contribution in [1.82, 2.24) is 9.78 Å². The molecule has 0 saturated carbocycles. The number of nitrogens with zero attached hydrogens (tertiary/aromatic N) is 2. The molecule has 6 heteroatoms. The average Bonchev–Trinajstić information content (AvgIpc) is 2.59. The molecule has 0 amide bonds. The van der Waals surface area contributed by atoms with Crippen LogP contribution in [0.15, 0.2) is 12.3 Å². The summed E-state index contributed by atoms with van der Waals surface area (Å²) in [5, 5.41) is 13.4. The molecule has 0 aliphatic heterocycles. The van der Waals surface area contributed by atoms with Crippen LogP contribution in [0.1, 0.15) is 18.2 Å². The van der Waals surface area contributed by atoms with Crippen LogP contribution in [0, 0.1) is 6.92 Å². The summed E-state index contributed by atoms with van der Waals surface area (Å²) in [6.45, 7) is 4.14. The van der Waals surface area contributed by atoms with E-state index in [-0.39, 0.29) is 5.56 Å². The molecular formula is C10H12F2N2O2. The van der Waals surface area contributed by atoms with Gasteiger partial charge in [-0.15, -0.1) is 0 Å². The molecule has 0 bridgehead atoms. The minimum absolute atomic E-state index is 0.288. The van der Waals surface area contributed by atoms with Crippen LogP contribution in [0.4, 0.5) is 8.78 Å². The third-order valence-corrected chi connectivity index (χ3v) is 2.17. The summed E-state index contributed by atoms with van der Waals surface area (Å²) in [7, 11) is 0. The summed E-state index contributed by atoms with van der Waals surface area (Å²) in [6, 6.07) is 0. The molecular weight excluding hydrogens is 218 g/mol. The Balaban J connectivity index is 3.00.